The summed E-state index contributed by atoms with van der Waals surface area (Å²) in [7, 11) is 1.40. The Morgan fingerprint density at radius 1 is 1.12 bits per heavy atom. The minimum absolute atomic E-state index is 0.305. The summed E-state index contributed by atoms with van der Waals surface area (Å²) in [4.78, 5) is 13.6. The predicted octanol–water partition coefficient (Wildman–Crippen LogP) is 5.14. The van der Waals surface area contributed by atoms with Gasteiger partial charge in [-0.2, -0.15) is 0 Å². The average Bonchev–Trinajstić information content (AvgIpc) is 2.92. The van der Waals surface area contributed by atoms with Crippen molar-refractivity contribution < 1.29 is 13.9 Å². The fourth-order valence-electron chi connectivity index (χ4n) is 3.12. The molecule has 7 heteroatoms. The predicted molar refractivity (Wildman–Crippen MR) is 108 cm³/mol. The SMILES string of the molecule is COC(=O)c1c(NC(=S)Nc2ccc(F)cc2)sc2c1CCCCCC2. The molecular formula is C19H21FN2O2S2. The molecule has 138 valence electrons. The molecule has 0 radical (unpaired) electrons. The van der Waals surface area contributed by atoms with Crippen LogP contribution in [0.2, 0.25) is 0 Å². The molecule has 0 saturated carbocycles. The minimum atomic E-state index is -0.338. The van der Waals surface area contributed by atoms with E-state index in [0.29, 0.717) is 21.4 Å². The molecule has 0 fully saturated rings. The Balaban J connectivity index is 1.83. The van der Waals surface area contributed by atoms with Crippen molar-refractivity contribution in [3.05, 3.63) is 46.1 Å². The van der Waals surface area contributed by atoms with Gasteiger partial charge < -0.3 is 15.4 Å². The highest BCUT2D eigenvalue weighted by Crippen LogP contribution is 2.37. The second-order valence-electron chi connectivity index (χ2n) is 6.20. The molecule has 1 aromatic heterocycles. The molecule has 0 saturated heterocycles. The number of thiocarbonyl (C=S) groups is 1. The Labute approximate surface area is 161 Å². The summed E-state index contributed by atoms with van der Waals surface area (Å²) in [5.74, 6) is -0.643. The van der Waals surface area contributed by atoms with Gasteiger partial charge in [0.05, 0.1) is 12.7 Å². The average molecular weight is 393 g/mol. The standard InChI is InChI=1S/C19H21FN2O2S2/c1-24-18(23)16-14-6-4-2-3-5-7-15(14)26-17(16)22-19(25)21-13-10-8-12(20)9-11-13/h8-11H,2-7H2,1H3,(H2,21,22,25). The van der Waals surface area contributed by atoms with Crippen LogP contribution in [0.25, 0.3) is 0 Å². The van der Waals surface area contributed by atoms with Gasteiger partial charge >= 0.3 is 5.97 Å². The first-order chi connectivity index (χ1) is 12.6. The van der Waals surface area contributed by atoms with Gasteiger partial charge in [0.2, 0.25) is 0 Å². The molecule has 0 bridgehead atoms. The van der Waals surface area contributed by atoms with Crippen LogP contribution in [-0.2, 0) is 17.6 Å². The van der Waals surface area contributed by atoms with Gasteiger partial charge in [-0.15, -0.1) is 11.3 Å². The second kappa shape index (κ2) is 8.60. The number of thiophene rings is 1. The third-order valence-corrected chi connectivity index (χ3v) is 5.80. The van der Waals surface area contributed by atoms with Crippen molar-refractivity contribution in [1.82, 2.24) is 0 Å². The van der Waals surface area contributed by atoms with Crippen LogP contribution in [0.4, 0.5) is 15.1 Å². The topological polar surface area (TPSA) is 50.4 Å². The quantitative estimate of drug-likeness (QED) is 0.559. The lowest BCUT2D eigenvalue weighted by molar-refractivity contribution is 0.0601. The number of halogens is 1. The Morgan fingerprint density at radius 3 is 2.50 bits per heavy atom. The molecular weight excluding hydrogens is 371 g/mol. The van der Waals surface area contributed by atoms with Crippen molar-refractivity contribution in [3.63, 3.8) is 0 Å². The van der Waals surface area contributed by atoms with Crippen LogP contribution in [0, 0.1) is 5.82 Å². The van der Waals surface area contributed by atoms with Gasteiger partial charge in [0, 0.05) is 10.6 Å². The first-order valence-corrected chi connectivity index (χ1v) is 9.87. The molecule has 1 aromatic carbocycles. The van der Waals surface area contributed by atoms with Gasteiger partial charge in [-0.05, 0) is 67.7 Å². The summed E-state index contributed by atoms with van der Waals surface area (Å²) in [5.41, 5.74) is 2.37. The Morgan fingerprint density at radius 2 is 1.81 bits per heavy atom. The van der Waals surface area contributed by atoms with Crippen LogP contribution in [0.1, 0.15) is 46.5 Å². The number of ether oxygens (including phenoxy) is 1. The number of anilines is 2. The maximum atomic E-state index is 13.0. The first-order valence-electron chi connectivity index (χ1n) is 8.65. The van der Waals surface area contributed by atoms with Gasteiger partial charge in [0.1, 0.15) is 10.8 Å². The monoisotopic (exact) mass is 392 g/mol. The fourth-order valence-corrected chi connectivity index (χ4v) is 4.69. The highest BCUT2D eigenvalue weighted by molar-refractivity contribution is 7.80. The van der Waals surface area contributed by atoms with Crippen LogP contribution in [0.15, 0.2) is 24.3 Å². The van der Waals surface area contributed by atoms with Crippen molar-refractivity contribution >= 4 is 45.3 Å². The first kappa shape index (κ1) is 18.8. The van der Waals surface area contributed by atoms with E-state index in [0.717, 1.165) is 31.2 Å². The number of methoxy groups -OCH3 is 1. The number of carbonyl (C=O) groups is 1. The number of fused-ring (bicyclic) bond motifs is 1. The van der Waals surface area contributed by atoms with Crippen LogP contribution in [-0.4, -0.2) is 18.2 Å². The summed E-state index contributed by atoms with van der Waals surface area (Å²) in [5, 5.41) is 7.22. The molecule has 1 heterocycles. The number of hydrogen-bond donors (Lipinski definition) is 2. The number of esters is 1. The summed E-state index contributed by atoms with van der Waals surface area (Å²) in [6.07, 6.45) is 6.47. The summed E-state index contributed by atoms with van der Waals surface area (Å²) in [6, 6.07) is 5.94. The summed E-state index contributed by atoms with van der Waals surface area (Å²) in [6.45, 7) is 0. The number of nitrogens with one attached hydrogen (secondary N) is 2. The largest absolute Gasteiger partial charge is 0.465 e. The van der Waals surface area contributed by atoms with E-state index in [9.17, 15) is 9.18 Å². The van der Waals surface area contributed by atoms with E-state index < -0.39 is 0 Å². The van der Waals surface area contributed by atoms with E-state index in [1.807, 2.05) is 0 Å². The Hall–Kier alpha value is -1.99. The molecule has 1 aliphatic carbocycles. The highest BCUT2D eigenvalue weighted by atomic mass is 32.1. The van der Waals surface area contributed by atoms with E-state index in [4.69, 9.17) is 17.0 Å². The molecule has 26 heavy (non-hydrogen) atoms. The second-order valence-corrected chi connectivity index (χ2v) is 7.71. The molecule has 3 rings (SSSR count). The highest BCUT2D eigenvalue weighted by Gasteiger charge is 2.25. The van der Waals surface area contributed by atoms with Crippen LogP contribution >= 0.6 is 23.6 Å². The zero-order valence-electron chi connectivity index (χ0n) is 14.6. The molecule has 0 aliphatic heterocycles. The Bertz CT molecular complexity index is 803. The summed E-state index contributed by atoms with van der Waals surface area (Å²) < 4.78 is 18.0. The molecule has 2 aromatic rings. The molecule has 0 unspecified atom stereocenters. The van der Waals surface area contributed by atoms with Crippen molar-refractivity contribution in [1.29, 1.82) is 0 Å². The lowest BCUT2D eigenvalue weighted by Gasteiger charge is -2.12. The molecule has 2 N–H and O–H groups in total. The van der Waals surface area contributed by atoms with E-state index in [1.165, 1.54) is 37.0 Å². The van der Waals surface area contributed by atoms with Gasteiger partial charge in [-0.25, -0.2) is 9.18 Å². The van der Waals surface area contributed by atoms with Crippen LogP contribution in [0.5, 0.6) is 0 Å². The lowest BCUT2D eigenvalue weighted by Crippen LogP contribution is -2.20. The lowest BCUT2D eigenvalue weighted by atomic mass is 9.96. The number of hydrogen-bond acceptors (Lipinski definition) is 4. The van der Waals surface area contributed by atoms with Gasteiger partial charge in [0.25, 0.3) is 0 Å². The fraction of sp³-hybridized carbons (Fsp3) is 0.368. The maximum Gasteiger partial charge on any atom is 0.341 e. The van der Waals surface area contributed by atoms with Crippen molar-refractivity contribution in [2.45, 2.75) is 38.5 Å². The normalized spacial score (nSPS) is 13.9. The van der Waals surface area contributed by atoms with Crippen LogP contribution < -0.4 is 10.6 Å². The van der Waals surface area contributed by atoms with E-state index >= 15 is 0 Å². The molecule has 0 spiro atoms. The zero-order chi connectivity index (χ0) is 18.5. The maximum absolute atomic E-state index is 13.0. The molecule has 0 atom stereocenters. The molecule has 1 aliphatic rings. The molecule has 4 nitrogen and oxygen atoms in total. The number of carbonyl (C=O) groups excluding carboxylic acids is 1. The van der Waals surface area contributed by atoms with Crippen molar-refractivity contribution in [2.75, 3.05) is 17.7 Å². The molecule has 0 amide bonds. The summed E-state index contributed by atoms with van der Waals surface area (Å²) >= 11 is 6.94. The minimum Gasteiger partial charge on any atom is -0.465 e. The van der Waals surface area contributed by atoms with Gasteiger partial charge in [-0.3, -0.25) is 0 Å². The number of benzene rings is 1. The number of aryl methyl sites for hydroxylation is 1. The zero-order valence-corrected chi connectivity index (χ0v) is 16.2. The smallest absolute Gasteiger partial charge is 0.341 e. The van der Waals surface area contributed by atoms with Crippen molar-refractivity contribution in [2.24, 2.45) is 0 Å². The van der Waals surface area contributed by atoms with Crippen LogP contribution in [0.3, 0.4) is 0 Å². The third kappa shape index (κ3) is 4.40. The van der Waals surface area contributed by atoms with Gasteiger partial charge in [0.15, 0.2) is 5.11 Å². The van der Waals surface area contributed by atoms with E-state index in [-0.39, 0.29) is 11.8 Å². The van der Waals surface area contributed by atoms with E-state index in [1.54, 1.807) is 23.5 Å². The van der Waals surface area contributed by atoms with Gasteiger partial charge in [-0.1, -0.05) is 12.8 Å². The number of rotatable bonds is 3. The third-order valence-electron chi connectivity index (χ3n) is 4.39. The van der Waals surface area contributed by atoms with E-state index in [2.05, 4.69) is 10.6 Å². The van der Waals surface area contributed by atoms with Crippen molar-refractivity contribution in [3.8, 4) is 0 Å². The Kier molecular flexibility index (Phi) is 6.21.